The van der Waals surface area contributed by atoms with E-state index in [1.165, 1.54) is 6.07 Å². The van der Waals surface area contributed by atoms with Gasteiger partial charge in [0.2, 0.25) is 0 Å². The van der Waals surface area contributed by atoms with Gasteiger partial charge in [-0.15, -0.1) is 0 Å². The number of halogens is 1. The topological polar surface area (TPSA) is 32.7 Å². The minimum atomic E-state index is -0.265. The van der Waals surface area contributed by atoms with Crippen LogP contribution in [0.25, 0.3) is 0 Å². The van der Waals surface area contributed by atoms with Crippen molar-refractivity contribution in [3.63, 3.8) is 0 Å². The van der Waals surface area contributed by atoms with Crippen molar-refractivity contribution in [1.82, 2.24) is 4.90 Å². The second kappa shape index (κ2) is 7.25. The number of benzene rings is 1. The van der Waals surface area contributed by atoms with Crippen molar-refractivity contribution >= 4 is 0 Å². The summed E-state index contributed by atoms with van der Waals surface area (Å²) in [5.74, 6) is 5.42. The summed E-state index contributed by atoms with van der Waals surface area (Å²) < 4.78 is 18.8. The Balaban J connectivity index is 2.05. The number of morpholine rings is 1. The summed E-state index contributed by atoms with van der Waals surface area (Å²) in [6.45, 7) is 3.97. The van der Waals surface area contributed by atoms with E-state index in [-0.39, 0.29) is 12.4 Å². The van der Waals surface area contributed by atoms with Crippen LogP contribution in [-0.4, -0.2) is 42.9 Å². The molecule has 0 spiro atoms. The Kier molecular flexibility index (Phi) is 5.34. The number of aliphatic hydroxyl groups excluding tert-OH is 1. The van der Waals surface area contributed by atoms with Gasteiger partial charge in [-0.05, 0) is 23.8 Å². The molecule has 0 amide bonds. The van der Waals surface area contributed by atoms with Crippen LogP contribution in [0.5, 0.6) is 0 Å². The summed E-state index contributed by atoms with van der Waals surface area (Å²) in [7, 11) is 0. The van der Waals surface area contributed by atoms with Crippen LogP contribution in [-0.2, 0) is 11.3 Å². The van der Waals surface area contributed by atoms with E-state index in [2.05, 4.69) is 16.7 Å². The van der Waals surface area contributed by atoms with E-state index >= 15 is 0 Å². The number of rotatable bonds is 3. The van der Waals surface area contributed by atoms with E-state index in [9.17, 15) is 4.39 Å². The number of ether oxygens (including phenoxy) is 1. The molecule has 1 fully saturated rings. The van der Waals surface area contributed by atoms with Crippen LogP contribution < -0.4 is 0 Å². The Morgan fingerprint density at radius 3 is 2.79 bits per heavy atom. The molecule has 0 unspecified atom stereocenters. The maximum absolute atomic E-state index is 13.5. The molecule has 1 aromatic rings. The molecular weight excluding hydrogens is 245 g/mol. The first-order valence-corrected chi connectivity index (χ1v) is 6.47. The number of hydrogen-bond acceptors (Lipinski definition) is 3. The number of aliphatic hydroxyl groups is 1. The van der Waals surface area contributed by atoms with Gasteiger partial charge in [0, 0.05) is 31.6 Å². The predicted octanol–water partition coefficient (Wildman–Crippen LogP) is 1.39. The lowest BCUT2D eigenvalue weighted by molar-refractivity contribution is 0.0341. The summed E-state index contributed by atoms with van der Waals surface area (Å²) in [5.41, 5.74) is 1.59. The van der Waals surface area contributed by atoms with Crippen LogP contribution in [0.15, 0.2) is 18.2 Å². The Bertz CT molecular complexity index is 473. The summed E-state index contributed by atoms with van der Waals surface area (Å²) >= 11 is 0. The molecule has 2 rings (SSSR count). The molecule has 0 atom stereocenters. The third-order valence-electron chi connectivity index (χ3n) is 2.94. The molecule has 4 heteroatoms. The van der Waals surface area contributed by atoms with Crippen LogP contribution in [0.4, 0.5) is 4.39 Å². The highest BCUT2D eigenvalue weighted by Crippen LogP contribution is 2.12. The maximum Gasteiger partial charge on any atom is 0.124 e. The first-order chi connectivity index (χ1) is 9.28. The predicted molar refractivity (Wildman–Crippen MR) is 71.1 cm³/mol. The maximum atomic E-state index is 13.5. The van der Waals surface area contributed by atoms with Gasteiger partial charge in [-0.1, -0.05) is 11.8 Å². The Labute approximate surface area is 113 Å². The molecule has 1 N–H and O–H groups in total. The minimum absolute atomic E-state index is 0.0307. The molecule has 3 nitrogen and oxygen atoms in total. The SMILES string of the molecule is OCCC#Cc1cc(F)cc(CN2CCOCC2)c1. The third-order valence-corrected chi connectivity index (χ3v) is 2.94. The summed E-state index contributed by atoms with van der Waals surface area (Å²) in [6, 6.07) is 4.88. The molecule has 0 saturated carbocycles. The highest BCUT2D eigenvalue weighted by atomic mass is 19.1. The van der Waals surface area contributed by atoms with Gasteiger partial charge in [0.1, 0.15) is 5.82 Å². The van der Waals surface area contributed by atoms with Gasteiger partial charge in [-0.2, -0.15) is 0 Å². The number of nitrogens with zero attached hydrogens (tertiary/aromatic N) is 1. The van der Waals surface area contributed by atoms with Crippen LogP contribution >= 0.6 is 0 Å². The molecule has 1 aliphatic heterocycles. The van der Waals surface area contributed by atoms with Gasteiger partial charge in [0.15, 0.2) is 0 Å². The summed E-state index contributed by atoms with van der Waals surface area (Å²) in [4.78, 5) is 2.24. The van der Waals surface area contributed by atoms with Crippen molar-refractivity contribution in [3.8, 4) is 11.8 Å². The molecule has 0 radical (unpaired) electrons. The zero-order valence-corrected chi connectivity index (χ0v) is 10.9. The average Bonchev–Trinajstić information content (AvgIpc) is 2.39. The zero-order valence-electron chi connectivity index (χ0n) is 10.9. The second-order valence-electron chi connectivity index (χ2n) is 4.51. The monoisotopic (exact) mass is 263 g/mol. The van der Waals surface area contributed by atoms with E-state index in [0.717, 1.165) is 38.4 Å². The molecule has 1 heterocycles. The van der Waals surface area contributed by atoms with Crippen LogP contribution in [0.3, 0.4) is 0 Å². The molecule has 1 saturated heterocycles. The van der Waals surface area contributed by atoms with Crippen LogP contribution in [0, 0.1) is 17.7 Å². The highest BCUT2D eigenvalue weighted by molar-refractivity contribution is 5.37. The van der Waals surface area contributed by atoms with Crippen molar-refractivity contribution < 1.29 is 14.2 Å². The normalized spacial score (nSPS) is 15.9. The minimum Gasteiger partial charge on any atom is -0.395 e. The molecule has 102 valence electrons. The Morgan fingerprint density at radius 2 is 2.05 bits per heavy atom. The first-order valence-electron chi connectivity index (χ1n) is 6.47. The number of hydrogen-bond donors (Lipinski definition) is 1. The van der Waals surface area contributed by atoms with Crippen molar-refractivity contribution in [2.75, 3.05) is 32.9 Å². The molecular formula is C15H18FNO2. The zero-order chi connectivity index (χ0) is 13.5. The van der Waals surface area contributed by atoms with Crippen LogP contribution in [0.2, 0.25) is 0 Å². The van der Waals surface area contributed by atoms with E-state index in [1.54, 1.807) is 6.07 Å². The van der Waals surface area contributed by atoms with Crippen LogP contribution in [0.1, 0.15) is 17.5 Å². The van der Waals surface area contributed by atoms with Gasteiger partial charge in [-0.25, -0.2) is 4.39 Å². The highest BCUT2D eigenvalue weighted by Gasteiger charge is 2.11. The van der Waals surface area contributed by atoms with E-state index < -0.39 is 0 Å². The fraction of sp³-hybridized carbons (Fsp3) is 0.467. The summed E-state index contributed by atoms with van der Waals surface area (Å²) in [6.07, 6.45) is 0.412. The molecule has 0 aromatic heterocycles. The van der Waals surface area contributed by atoms with E-state index in [0.29, 0.717) is 12.0 Å². The lowest BCUT2D eigenvalue weighted by Gasteiger charge is -2.26. The van der Waals surface area contributed by atoms with E-state index in [1.807, 2.05) is 6.07 Å². The largest absolute Gasteiger partial charge is 0.395 e. The molecule has 1 aromatic carbocycles. The molecule has 0 bridgehead atoms. The van der Waals surface area contributed by atoms with Gasteiger partial charge >= 0.3 is 0 Å². The lowest BCUT2D eigenvalue weighted by atomic mass is 10.1. The molecule has 0 aliphatic carbocycles. The first kappa shape index (κ1) is 14.0. The van der Waals surface area contributed by atoms with Gasteiger partial charge in [-0.3, -0.25) is 4.90 Å². The van der Waals surface area contributed by atoms with E-state index in [4.69, 9.17) is 9.84 Å². The molecule has 19 heavy (non-hydrogen) atoms. The second-order valence-corrected chi connectivity index (χ2v) is 4.51. The van der Waals surface area contributed by atoms with Crippen molar-refractivity contribution in [3.05, 3.63) is 35.1 Å². The standard InChI is InChI=1S/C15H18FNO2/c16-15-10-13(3-1-2-6-18)9-14(11-15)12-17-4-7-19-8-5-17/h9-11,18H,2,4-8,12H2. The van der Waals surface area contributed by atoms with Gasteiger partial charge in [0.25, 0.3) is 0 Å². The quantitative estimate of drug-likeness (QED) is 0.837. The Hall–Kier alpha value is -1.41. The van der Waals surface area contributed by atoms with Crippen molar-refractivity contribution in [2.24, 2.45) is 0 Å². The van der Waals surface area contributed by atoms with Gasteiger partial charge < -0.3 is 9.84 Å². The van der Waals surface area contributed by atoms with Crippen molar-refractivity contribution in [1.29, 1.82) is 0 Å². The fourth-order valence-electron chi connectivity index (χ4n) is 2.05. The fourth-order valence-corrected chi connectivity index (χ4v) is 2.05. The third kappa shape index (κ3) is 4.64. The van der Waals surface area contributed by atoms with Gasteiger partial charge in [0.05, 0.1) is 19.8 Å². The smallest absolute Gasteiger partial charge is 0.124 e. The average molecular weight is 263 g/mol. The summed E-state index contributed by atoms with van der Waals surface area (Å²) in [5, 5.41) is 8.67. The van der Waals surface area contributed by atoms with Crippen molar-refractivity contribution in [2.45, 2.75) is 13.0 Å². The molecule has 1 aliphatic rings. The lowest BCUT2D eigenvalue weighted by Crippen LogP contribution is -2.35. The Morgan fingerprint density at radius 1 is 1.26 bits per heavy atom.